The molecule has 0 aliphatic heterocycles. The molecule has 0 aliphatic rings. The Morgan fingerprint density at radius 2 is 2.33 bits per heavy atom. The van der Waals surface area contributed by atoms with Gasteiger partial charge in [-0.2, -0.15) is 5.10 Å². The SMILES string of the molecule is CCN(C=O)/N=C(/C)CCC(C)Cc1cccnc1NC. The summed E-state index contributed by atoms with van der Waals surface area (Å²) in [6.07, 6.45) is 5.50. The molecule has 1 aromatic heterocycles. The molecule has 1 amide bonds. The molecule has 1 N–H and O–H groups in total. The maximum atomic E-state index is 10.7. The zero-order valence-electron chi connectivity index (χ0n) is 13.5. The van der Waals surface area contributed by atoms with Crippen LogP contribution in [0.3, 0.4) is 0 Å². The van der Waals surface area contributed by atoms with Gasteiger partial charge in [0.2, 0.25) is 6.41 Å². The first-order chi connectivity index (χ1) is 10.1. The van der Waals surface area contributed by atoms with Crippen molar-refractivity contribution in [1.82, 2.24) is 9.99 Å². The molecule has 5 heteroatoms. The molecule has 0 spiro atoms. The lowest BCUT2D eigenvalue weighted by Crippen LogP contribution is -2.16. The number of carbonyl (C=O) groups is 1. The van der Waals surface area contributed by atoms with Crippen LogP contribution < -0.4 is 5.32 Å². The molecule has 5 nitrogen and oxygen atoms in total. The molecule has 1 unspecified atom stereocenters. The Labute approximate surface area is 127 Å². The number of aromatic nitrogens is 1. The number of hydrogen-bond acceptors (Lipinski definition) is 4. The van der Waals surface area contributed by atoms with Gasteiger partial charge >= 0.3 is 0 Å². The summed E-state index contributed by atoms with van der Waals surface area (Å²) in [6, 6.07) is 4.08. The summed E-state index contributed by atoms with van der Waals surface area (Å²) in [5, 5.41) is 8.84. The van der Waals surface area contributed by atoms with Gasteiger partial charge in [0, 0.05) is 25.5 Å². The van der Waals surface area contributed by atoms with Crippen LogP contribution in [0.2, 0.25) is 0 Å². The van der Waals surface area contributed by atoms with Gasteiger partial charge in [-0.25, -0.2) is 9.99 Å². The minimum absolute atomic E-state index is 0.540. The molecule has 0 fully saturated rings. The van der Waals surface area contributed by atoms with Crippen molar-refractivity contribution in [3.63, 3.8) is 0 Å². The number of hydrogen-bond donors (Lipinski definition) is 1. The van der Waals surface area contributed by atoms with Crippen molar-refractivity contribution in [2.75, 3.05) is 18.9 Å². The van der Waals surface area contributed by atoms with Crippen LogP contribution in [0.25, 0.3) is 0 Å². The molecule has 0 aromatic carbocycles. The lowest BCUT2D eigenvalue weighted by Gasteiger charge is -2.14. The van der Waals surface area contributed by atoms with Gasteiger partial charge < -0.3 is 5.32 Å². The van der Waals surface area contributed by atoms with E-state index in [1.54, 1.807) is 6.20 Å². The summed E-state index contributed by atoms with van der Waals surface area (Å²) in [7, 11) is 1.89. The number of nitrogens with zero attached hydrogens (tertiary/aromatic N) is 3. The molecule has 0 bridgehead atoms. The number of rotatable bonds is 9. The van der Waals surface area contributed by atoms with Gasteiger partial charge in [0.05, 0.1) is 0 Å². The van der Waals surface area contributed by atoms with Crippen LogP contribution in [0.1, 0.15) is 39.2 Å². The van der Waals surface area contributed by atoms with Crippen LogP contribution >= 0.6 is 0 Å². The Morgan fingerprint density at radius 1 is 1.57 bits per heavy atom. The standard InChI is InChI=1S/C16H26N4O/c1-5-20(12-21)19-14(3)9-8-13(2)11-15-7-6-10-18-16(15)17-4/h6-7,10,12-13H,5,8-9,11H2,1-4H3,(H,17,18)/b19-14-. The van der Waals surface area contributed by atoms with Crippen molar-refractivity contribution in [1.29, 1.82) is 0 Å². The van der Waals surface area contributed by atoms with Crippen LogP contribution in [-0.2, 0) is 11.2 Å². The van der Waals surface area contributed by atoms with E-state index in [9.17, 15) is 4.79 Å². The molecule has 1 aromatic rings. The van der Waals surface area contributed by atoms with Crippen LogP contribution in [0.15, 0.2) is 23.4 Å². The van der Waals surface area contributed by atoms with Gasteiger partial charge in [-0.05, 0) is 50.7 Å². The minimum atomic E-state index is 0.540. The number of carbonyl (C=O) groups excluding carboxylic acids is 1. The van der Waals surface area contributed by atoms with E-state index in [0.717, 1.165) is 37.2 Å². The topological polar surface area (TPSA) is 57.6 Å². The maximum Gasteiger partial charge on any atom is 0.229 e. The number of nitrogens with one attached hydrogen (secondary N) is 1. The predicted octanol–water partition coefficient (Wildman–Crippen LogP) is 2.94. The zero-order valence-corrected chi connectivity index (χ0v) is 13.5. The Balaban J connectivity index is 2.50. The fraction of sp³-hybridized carbons (Fsp3) is 0.562. The fourth-order valence-electron chi connectivity index (χ4n) is 2.20. The lowest BCUT2D eigenvalue weighted by molar-refractivity contribution is -0.118. The first-order valence-corrected chi connectivity index (χ1v) is 7.48. The summed E-state index contributed by atoms with van der Waals surface area (Å²) >= 11 is 0. The third-order valence-corrected chi connectivity index (χ3v) is 3.44. The van der Waals surface area contributed by atoms with E-state index in [-0.39, 0.29) is 0 Å². The summed E-state index contributed by atoms with van der Waals surface area (Å²) in [6.45, 7) is 6.73. The summed E-state index contributed by atoms with van der Waals surface area (Å²) in [5.41, 5.74) is 2.24. The van der Waals surface area contributed by atoms with Crippen LogP contribution in [0.4, 0.5) is 5.82 Å². The van der Waals surface area contributed by atoms with E-state index in [4.69, 9.17) is 0 Å². The van der Waals surface area contributed by atoms with Crippen molar-refractivity contribution in [3.05, 3.63) is 23.9 Å². The van der Waals surface area contributed by atoms with E-state index in [1.807, 2.05) is 27.0 Å². The second-order valence-electron chi connectivity index (χ2n) is 5.31. The normalized spacial score (nSPS) is 12.9. The molecule has 21 heavy (non-hydrogen) atoms. The van der Waals surface area contributed by atoms with Crippen molar-refractivity contribution in [2.45, 2.75) is 40.0 Å². The van der Waals surface area contributed by atoms with E-state index in [2.05, 4.69) is 28.4 Å². The highest BCUT2D eigenvalue weighted by Crippen LogP contribution is 2.19. The molecule has 0 saturated carbocycles. The molecule has 1 heterocycles. The molecule has 1 atom stereocenters. The highest BCUT2D eigenvalue weighted by molar-refractivity contribution is 5.82. The van der Waals surface area contributed by atoms with Gasteiger partial charge in [-0.1, -0.05) is 13.0 Å². The van der Waals surface area contributed by atoms with Gasteiger partial charge in [0.25, 0.3) is 0 Å². The van der Waals surface area contributed by atoms with Crippen molar-refractivity contribution < 1.29 is 4.79 Å². The van der Waals surface area contributed by atoms with E-state index < -0.39 is 0 Å². The third kappa shape index (κ3) is 5.94. The highest BCUT2D eigenvalue weighted by Gasteiger charge is 2.09. The lowest BCUT2D eigenvalue weighted by atomic mass is 9.96. The molecular weight excluding hydrogens is 264 g/mol. The van der Waals surface area contributed by atoms with Gasteiger partial charge in [0.1, 0.15) is 5.82 Å². The largest absolute Gasteiger partial charge is 0.373 e. The molecule has 0 aliphatic carbocycles. The monoisotopic (exact) mass is 290 g/mol. The van der Waals surface area contributed by atoms with E-state index in [1.165, 1.54) is 10.6 Å². The average molecular weight is 290 g/mol. The zero-order chi connectivity index (χ0) is 15.7. The summed E-state index contributed by atoms with van der Waals surface area (Å²) in [4.78, 5) is 15.1. The smallest absolute Gasteiger partial charge is 0.229 e. The first-order valence-electron chi connectivity index (χ1n) is 7.48. The maximum absolute atomic E-state index is 10.7. The Hall–Kier alpha value is -1.91. The average Bonchev–Trinajstić information content (AvgIpc) is 2.51. The fourth-order valence-corrected chi connectivity index (χ4v) is 2.20. The molecule has 0 radical (unpaired) electrons. The molecule has 116 valence electrons. The van der Waals surface area contributed by atoms with Gasteiger partial charge in [-0.3, -0.25) is 4.79 Å². The molecular formula is C16H26N4O. The summed E-state index contributed by atoms with van der Waals surface area (Å²) < 4.78 is 0. The molecule has 0 saturated heterocycles. The molecule has 1 rings (SSSR count). The number of anilines is 1. The van der Waals surface area contributed by atoms with Crippen molar-refractivity contribution >= 4 is 17.9 Å². The summed E-state index contributed by atoms with van der Waals surface area (Å²) in [5.74, 6) is 1.49. The second-order valence-corrected chi connectivity index (χ2v) is 5.31. The van der Waals surface area contributed by atoms with Crippen LogP contribution in [0, 0.1) is 5.92 Å². The Morgan fingerprint density at radius 3 is 2.95 bits per heavy atom. The predicted molar refractivity (Wildman–Crippen MR) is 87.4 cm³/mol. The van der Waals surface area contributed by atoms with Crippen LogP contribution in [0.5, 0.6) is 0 Å². The van der Waals surface area contributed by atoms with Crippen LogP contribution in [-0.4, -0.2) is 35.7 Å². The Bertz CT molecular complexity index is 473. The van der Waals surface area contributed by atoms with Gasteiger partial charge in [-0.15, -0.1) is 0 Å². The van der Waals surface area contributed by atoms with E-state index in [0.29, 0.717) is 12.5 Å². The second kappa shape index (κ2) is 9.10. The Kier molecular flexibility index (Phi) is 7.43. The van der Waals surface area contributed by atoms with Crippen molar-refractivity contribution in [3.8, 4) is 0 Å². The first kappa shape index (κ1) is 17.1. The third-order valence-electron chi connectivity index (χ3n) is 3.44. The quantitative estimate of drug-likeness (QED) is 0.432. The highest BCUT2D eigenvalue weighted by atomic mass is 16.1. The number of hydrazone groups is 1. The minimum Gasteiger partial charge on any atom is -0.373 e. The van der Waals surface area contributed by atoms with E-state index >= 15 is 0 Å². The van der Waals surface area contributed by atoms with Crippen molar-refractivity contribution in [2.24, 2.45) is 11.0 Å². The number of pyridine rings is 1. The number of amides is 1. The van der Waals surface area contributed by atoms with Gasteiger partial charge in [0.15, 0.2) is 0 Å².